The number of thioether (sulfide) groups is 1. The number of nitrogens with one attached hydrogen (secondary N) is 2. The summed E-state index contributed by atoms with van der Waals surface area (Å²) in [5.41, 5.74) is 2.66. The first-order valence-corrected chi connectivity index (χ1v) is 12.2. The van der Waals surface area contributed by atoms with Crippen LogP contribution in [0.5, 0.6) is 0 Å². The van der Waals surface area contributed by atoms with Gasteiger partial charge in [0.05, 0.1) is 4.90 Å². The number of hydrogen-bond donors (Lipinski definition) is 2. The van der Waals surface area contributed by atoms with Crippen LogP contribution in [-0.2, 0) is 10.0 Å². The molecule has 0 saturated carbocycles. The zero-order chi connectivity index (χ0) is 21.7. The van der Waals surface area contributed by atoms with Gasteiger partial charge < -0.3 is 9.40 Å². The van der Waals surface area contributed by atoms with Crippen molar-refractivity contribution in [3.8, 4) is 11.6 Å². The molecule has 2 N–H and O–H groups in total. The number of aromatic nitrogens is 3. The van der Waals surface area contributed by atoms with E-state index in [-0.39, 0.29) is 10.9 Å². The molecule has 1 atom stereocenters. The fourth-order valence-corrected chi connectivity index (χ4v) is 5.08. The molecule has 1 unspecified atom stereocenters. The zero-order valence-electron chi connectivity index (χ0n) is 16.9. The molecule has 4 rings (SSSR count). The lowest BCUT2D eigenvalue weighted by Crippen LogP contribution is -2.29. The summed E-state index contributed by atoms with van der Waals surface area (Å²) in [6, 6.07) is 19.7. The maximum atomic E-state index is 12.9. The van der Waals surface area contributed by atoms with Crippen molar-refractivity contribution in [2.24, 2.45) is 0 Å². The van der Waals surface area contributed by atoms with Crippen molar-refractivity contribution in [3.05, 3.63) is 84.1 Å². The molecule has 0 radical (unpaired) electrons. The second-order valence-electron chi connectivity index (χ2n) is 6.99. The Morgan fingerprint density at radius 2 is 1.81 bits per heavy atom. The van der Waals surface area contributed by atoms with Crippen LogP contribution in [0.2, 0.25) is 0 Å². The molecule has 2 heterocycles. The smallest absolute Gasteiger partial charge is 0.276 e. The van der Waals surface area contributed by atoms with Gasteiger partial charge in [0, 0.05) is 18.0 Å². The molecule has 31 heavy (non-hydrogen) atoms. The summed E-state index contributed by atoms with van der Waals surface area (Å²) in [7, 11) is -3.66. The Bertz CT molecular complexity index is 1210. The van der Waals surface area contributed by atoms with Crippen LogP contribution in [0, 0.1) is 6.92 Å². The van der Waals surface area contributed by atoms with Crippen molar-refractivity contribution >= 4 is 21.8 Å². The number of aryl methyl sites for hydroxylation is 1. The minimum atomic E-state index is -3.66. The quantitative estimate of drug-likeness (QED) is 0.359. The fraction of sp³-hybridized carbons (Fsp3) is 0.182. The standard InChI is InChI=1S/C22H22N4O3S2/c1-16-9-11-18(12-10-16)31(27,28)26-19(17-6-3-2-4-7-17)13-15-30-22-25-24-21(29-22)20-8-5-14-23-20/h2-12,14,19,23,26H,13,15H2,1H3. The van der Waals surface area contributed by atoms with Gasteiger partial charge >= 0.3 is 0 Å². The molecular weight excluding hydrogens is 432 g/mol. The number of benzene rings is 2. The Balaban J connectivity index is 1.45. The van der Waals surface area contributed by atoms with Gasteiger partial charge in [0.15, 0.2) is 0 Å². The topological polar surface area (TPSA) is 101 Å². The number of rotatable bonds is 9. The second kappa shape index (κ2) is 9.51. The molecule has 2 aromatic heterocycles. The predicted octanol–water partition coefficient (Wildman–Crippen LogP) is 4.58. The third-order valence-corrected chi connectivity index (χ3v) is 7.04. The first-order chi connectivity index (χ1) is 15.0. The van der Waals surface area contributed by atoms with E-state index in [1.807, 2.05) is 49.4 Å². The largest absolute Gasteiger partial charge is 0.410 e. The highest BCUT2D eigenvalue weighted by atomic mass is 32.2. The van der Waals surface area contributed by atoms with Crippen LogP contribution >= 0.6 is 11.8 Å². The molecule has 2 aromatic carbocycles. The summed E-state index contributed by atoms with van der Waals surface area (Å²) in [5.74, 6) is 1.02. The molecule has 0 aliphatic carbocycles. The van der Waals surface area contributed by atoms with E-state index in [1.165, 1.54) is 11.8 Å². The van der Waals surface area contributed by atoms with E-state index >= 15 is 0 Å². The number of hydrogen-bond acceptors (Lipinski definition) is 6. The molecule has 0 saturated heterocycles. The van der Waals surface area contributed by atoms with Crippen LogP contribution in [0.3, 0.4) is 0 Å². The SMILES string of the molecule is Cc1ccc(S(=O)(=O)NC(CCSc2nnc(-c3ccc[nH]3)o2)c2ccccc2)cc1. The Kier molecular flexibility index (Phi) is 6.55. The van der Waals surface area contributed by atoms with Crippen LogP contribution < -0.4 is 4.72 Å². The summed E-state index contributed by atoms with van der Waals surface area (Å²) in [5, 5.41) is 8.54. The van der Waals surface area contributed by atoms with Crippen LogP contribution in [0.25, 0.3) is 11.6 Å². The lowest BCUT2D eigenvalue weighted by Gasteiger charge is -2.19. The van der Waals surface area contributed by atoms with Gasteiger partial charge in [-0.1, -0.05) is 59.8 Å². The van der Waals surface area contributed by atoms with Crippen LogP contribution in [0.1, 0.15) is 23.6 Å². The summed E-state index contributed by atoms with van der Waals surface area (Å²) >= 11 is 1.40. The van der Waals surface area contributed by atoms with Crippen molar-refractivity contribution in [1.29, 1.82) is 0 Å². The average Bonchev–Trinajstić information content (AvgIpc) is 3.46. The van der Waals surface area contributed by atoms with Crippen molar-refractivity contribution in [2.45, 2.75) is 29.5 Å². The minimum absolute atomic E-state index is 0.249. The lowest BCUT2D eigenvalue weighted by atomic mass is 10.1. The van der Waals surface area contributed by atoms with Gasteiger partial charge in [0.2, 0.25) is 10.0 Å². The Morgan fingerprint density at radius 3 is 2.52 bits per heavy atom. The first kappa shape index (κ1) is 21.4. The van der Waals surface area contributed by atoms with Crippen LogP contribution in [-0.4, -0.2) is 29.4 Å². The summed E-state index contributed by atoms with van der Waals surface area (Å²) in [6.45, 7) is 1.92. The zero-order valence-corrected chi connectivity index (χ0v) is 18.5. The number of sulfonamides is 1. The van der Waals surface area contributed by atoms with Gasteiger partial charge in [-0.3, -0.25) is 0 Å². The van der Waals surface area contributed by atoms with Gasteiger partial charge in [-0.15, -0.1) is 10.2 Å². The third kappa shape index (κ3) is 5.43. The van der Waals surface area contributed by atoms with Crippen LogP contribution in [0.15, 0.2) is 87.5 Å². The van der Waals surface area contributed by atoms with Crippen molar-refractivity contribution < 1.29 is 12.8 Å². The summed E-state index contributed by atoms with van der Waals surface area (Å²) < 4.78 is 34.4. The normalized spacial score (nSPS) is 12.7. The van der Waals surface area contributed by atoms with E-state index in [4.69, 9.17) is 4.42 Å². The molecule has 7 nitrogen and oxygen atoms in total. The fourth-order valence-electron chi connectivity index (χ4n) is 3.06. The van der Waals surface area contributed by atoms with Gasteiger partial charge in [-0.25, -0.2) is 13.1 Å². The van der Waals surface area contributed by atoms with Gasteiger partial charge in [0.1, 0.15) is 5.69 Å². The van der Waals surface area contributed by atoms with E-state index in [1.54, 1.807) is 30.5 Å². The van der Waals surface area contributed by atoms with Crippen molar-refractivity contribution in [2.75, 3.05) is 5.75 Å². The Labute approximate surface area is 185 Å². The highest BCUT2D eigenvalue weighted by Gasteiger charge is 2.22. The summed E-state index contributed by atoms with van der Waals surface area (Å²) in [6.07, 6.45) is 2.34. The molecule has 0 aliphatic rings. The van der Waals surface area contributed by atoms with Crippen molar-refractivity contribution in [3.63, 3.8) is 0 Å². The molecule has 0 amide bonds. The second-order valence-corrected chi connectivity index (χ2v) is 9.75. The van der Waals surface area contributed by atoms with E-state index in [2.05, 4.69) is 19.9 Å². The number of aromatic amines is 1. The lowest BCUT2D eigenvalue weighted by molar-refractivity contribution is 0.464. The van der Waals surface area contributed by atoms with Crippen molar-refractivity contribution in [1.82, 2.24) is 19.9 Å². The third-order valence-electron chi connectivity index (χ3n) is 4.70. The maximum absolute atomic E-state index is 12.9. The molecule has 0 spiro atoms. The number of H-pyrrole nitrogens is 1. The maximum Gasteiger partial charge on any atom is 0.276 e. The average molecular weight is 455 g/mol. The van der Waals surface area contributed by atoms with E-state index < -0.39 is 10.0 Å². The first-order valence-electron chi connectivity index (χ1n) is 9.75. The Morgan fingerprint density at radius 1 is 1.03 bits per heavy atom. The number of nitrogens with zero attached hydrogens (tertiary/aromatic N) is 2. The van der Waals surface area contributed by atoms with E-state index in [9.17, 15) is 8.42 Å². The molecule has 0 fully saturated rings. The molecule has 0 aliphatic heterocycles. The van der Waals surface area contributed by atoms with Gasteiger partial charge in [-0.2, -0.15) is 0 Å². The molecular formula is C22H22N4O3S2. The molecule has 4 aromatic rings. The van der Waals surface area contributed by atoms with Crippen LogP contribution in [0.4, 0.5) is 0 Å². The molecule has 0 bridgehead atoms. The highest BCUT2D eigenvalue weighted by molar-refractivity contribution is 7.99. The van der Waals surface area contributed by atoms with E-state index in [0.717, 1.165) is 16.8 Å². The molecule has 9 heteroatoms. The van der Waals surface area contributed by atoms with Gasteiger partial charge in [0.25, 0.3) is 11.1 Å². The summed E-state index contributed by atoms with van der Waals surface area (Å²) in [4.78, 5) is 3.27. The predicted molar refractivity (Wildman–Crippen MR) is 120 cm³/mol. The molecule has 160 valence electrons. The Hall–Kier alpha value is -2.88. The minimum Gasteiger partial charge on any atom is -0.410 e. The highest BCUT2D eigenvalue weighted by Crippen LogP contribution is 2.27. The monoisotopic (exact) mass is 454 g/mol. The van der Waals surface area contributed by atoms with Gasteiger partial charge in [-0.05, 0) is 43.2 Å². The van der Waals surface area contributed by atoms with E-state index in [0.29, 0.717) is 23.3 Å².